The van der Waals surface area contributed by atoms with Crippen molar-refractivity contribution in [1.82, 2.24) is 4.90 Å². The fourth-order valence-electron chi connectivity index (χ4n) is 0.968. The maximum absolute atomic E-state index is 10.8. The zero-order chi connectivity index (χ0) is 8.43. The van der Waals surface area contributed by atoms with Gasteiger partial charge in [0.1, 0.15) is 0 Å². The van der Waals surface area contributed by atoms with Crippen LogP contribution in [0.4, 0.5) is 0 Å². The van der Waals surface area contributed by atoms with Crippen molar-refractivity contribution in [1.29, 1.82) is 0 Å². The molecule has 5 nitrogen and oxygen atoms in total. The summed E-state index contributed by atoms with van der Waals surface area (Å²) in [4.78, 5) is 22.5. The van der Waals surface area contributed by atoms with E-state index in [9.17, 15) is 9.59 Å². The quantitative estimate of drug-likeness (QED) is 0.511. The zero-order valence-corrected chi connectivity index (χ0v) is 5.99. The highest BCUT2D eigenvalue weighted by Crippen LogP contribution is 2.14. The van der Waals surface area contributed by atoms with Gasteiger partial charge in [-0.25, -0.2) is 0 Å². The molecule has 0 unspecified atom stereocenters. The topological polar surface area (TPSA) is 83.6 Å². The maximum Gasteiger partial charge on any atom is 0.310 e. The van der Waals surface area contributed by atoms with Crippen LogP contribution in [0.1, 0.15) is 0 Å². The highest BCUT2D eigenvalue weighted by atomic mass is 16.4. The SMILES string of the molecule is NCC(=O)N1CC(C(=O)O)C1. The van der Waals surface area contributed by atoms with Crippen LogP contribution >= 0.6 is 0 Å². The first-order chi connectivity index (χ1) is 5.15. The average molecular weight is 158 g/mol. The predicted octanol–water partition coefficient (Wildman–Crippen LogP) is -1.51. The molecule has 0 atom stereocenters. The Morgan fingerprint density at radius 2 is 2.09 bits per heavy atom. The van der Waals surface area contributed by atoms with Gasteiger partial charge in [0.05, 0.1) is 12.5 Å². The molecule has 0 aromatic carbocycles. The van der Waals surface area contributed by atoms with Crippen molar-refractivity contribution in [2.24, 2.45) is 11.7 Å². The number of nitrogens with two attached hydrogens (primary N) is 1. The molecule has 1 heterocycles. The van der Waals surface area contributed by atoms with Crippen LogP contribution in [0.2, 0.25) is 0 Å². The predicted molar refractivity (Wildman–Crippen MR) is 36.8 cm³/mol. The largest absolute Gasteiger partial charge is 0.481 e. The maximum atomic E-state index is 10.8. The monoisotopic (exact) mass is 158 g/mol. The first-order valence-electron chi connectivity index (χ1n) is 3.35. The summed E-state index contributed by atoms with van der Waals surface area (Å²) in [6.45, 7) is 0.586. The van der Waals surface area contributed by atoms with E-state index in [-0.39, 0.29) is 18.4 Å². The van der Waals surface area contributed by atoms with Crippen LogP contribution in [0.5, 0.6) is 0 Å². The van der Waals surface area contributed by atoms with E-state index < -0.39 is 5.97 Å². The Morgan fingerprint density at radius 1 is 1.55 bits per heavy atom. The third-order valence-corrected chi connectivity index (χ3v) is 1.76. The summed E-state index contributed by atoms with van der Waals surface area (Å²) in [7, 11) is 0. The Hall–Kier alpha value is -1.10. The molecule has 0 spiro atoms. The summed E-state index contributed by atoms with van der Waals surface area (Å²) in [6, 6.07) is 0. The standard InChI is InChI=1S/C6H10N2O3/c7-1-5(9)8-2-4(3-8)6(10)11/h4H,1-3,7H2,(H,10,11). The first kappa shape index (κ1) is 8.00. The van der Waals surface area contributed by atoms with Crippen molar-refractivity contribution in [3.63, 3.8) is 0 Å². The number of carboxylic acids is 1. The van der Waals surface area contributed by atoms with Crippen LogP contribution in [0.25, 0.3) is 0 Å². The van der Waals surface area contributed by atoms with Crippen LogP contribution in [-0.2, 0) is 9.59 Å². The molecule has 0 aliphatic carbocycles. The van der Waals surface area contributed by atoms with Gasteiger partial charge in [-0.2, -0.15) is 0 Å². The summed E-state index contributed by atoms with van der Waals surface area (Å²) in [5, 5.41) is 8.44. The molecule has 62 valence electrons. The van der Waals surface area contributed by atoms with Gasteiger partial charge in [0.2, 0.25) is 5.91 Å². The normalized spacial score (nSPS) is 17.7. The van der Waals surface area contributed by atoms with Gasteiger partial charge in [0, 0.05) is 13.1 Å². The van der Waals surface area contributed by atoms with Gasteiger partial charge < -0.3 is 15.7 Å². The van der Waals surface area contributed by atoms with E-state index in [2.05, 4.69) is 0 Å². The molecule has 1 amide bonds. The molecule has 1 aliphatic rings. The highest BCUT2D eigenvalue weighted by Gasteiger charge is 2.34. The Morgan fingerprint density at radius 3 is 2.45 bits per heavy atom. The Kier molecular flexibility index (Phi) is 2.09. The van der Waals surface area contributed by atoms with E-state index in [0.717, 1.165) is 0 Å². The van der Waals surface area contributed by atoms with Crippen molar-refractivity contribution in [3.8, 4) is 0 Å². The van der Waals surface area contributed by atoms with E-state index in [4.69, 9.17) is 10.8 Å². The lowest BCUT2D eigenvalue weighted by Gasteiger charge is -2.36. The van der Waals surface area contributed by atoms with Crippen LogP contribution < -0.4 is 5.73 Å². The van der Waals surface area contributed by atoms with E-state index in [1.807, 2.05) is 0 Å². The second-order valence-electron chi connectivity index (χ2n) is 2.54. The number of amides is 1. The van der Waals surface area contributed by atoms with Gasteiger partial charge in [0.15, 0.2) is 0 Å². The molecule has 0 aromatic rings. The molecule has 0 radical (unpaired) electrons. The molecular weight excluding hydrogens is 148 g/mol. The van der Waals surface area contributed by atoms with Gasteiger partial charge in [0.25, 0.3) is 0 Å². The minimum absolute atomic E-state index is 0.0354. The fraction of sp³-hybridized carbons (Fsp3) is 0.667. The lowest BCUT2D eigenvalue weighted by molar-refractivity contribution is -0.152. The molecule has 1 fully saturated rings. The molecule has 0 bridgehead atoms. The van der Waals surface area contributed by atoms with E-state index in [1.54, 1.807) is 0 Å². The van der Waals surface area contributed by atoms with Crippen LogP contribution in [0.15, 0.2) is 0 Å². The van der Waals surface area contributed by atoms with Gasteiger partial charge in [-0.05, 0) is 0 Å². The van der Waals surface area contributed by atoms with Crippen LogP contribution in [0.3, 0.4) is 0 Å². The minimum Gasteiger partial charge on any atom is -0.481 e. The Bertz CT molecular complexity index is 186. The summed E-state index contributed by atoms with van der Waals surface area (Å²) in [5.74, 6) is -1.40. The summed E-state index contributed by atoms with van der Waals surface area (Å²) >= 11 is 0. The number of carbonyl (C=O) groups excluding carboxylic acids is 1. The Labute approximate surface area is 63.8 Å². The summed E-state index contributed by atoms with van der Waals surface area (Å²) < 4.78 is 0. The third-order valence-electron chi connectivity index (χ3n) is 1.76. The van der Waals surface area contributed by atoms with Crippen molar-refractivity contribution >= 4 is 11.9 Å². The fourth-order valence-corrected chi connectivity index (χ4v) is 0.968. The van der Waals surface area contributed by atoms with Gasteiger partial charge in [-0.15, -0.1) is 0 Å². The average Bonchev–Trinajstić information content (AvgIpc) is 1.83. The van der Waals surface area contributed by atoms with Crippen LogP contribution in [-0.4, -0.2) is 41.5 Å². The minimum atomic E-state index is -0.842. The number of rotatable bonds is 2. The van der Waals surface area contributed by atoms with Crippen molar-refractivity contribution in [2.45, 2.75) is 0 Å². The number of nitrogens with zero attached hydrogens (tertiary/aromatic N) is 1. The smallest absolute Gasteiger partial charge is 0.310 e. The van der Waals surface area contributed by atoms with Gasteiger partial charge >= 0.3 is 5.97 Å². The van der Waals surface area contributed by atoms with E-state index in [0.29, 0.717) is 13.1 Å². The highest BCUT2D eigenvalue weighted by molar-refractivity contribution is 5.82. The van der Waals surface area contributed by atoms with Gasteiger partial charge in [-0.3, -0.25) is 9.59 Å². The third kappa shape index (κ3) is 1.48. The van der Waals surface area contributed by atoms with Crippen molar-refractivity contribution in [2.75, 3.05) is 19.6 Å². The molecular formula is C6H10N2O3. The van der Waals surface area contributed by atoms with Crippen molar-refractivity contribution in [3.05, 3.63) is 0 Å². The molecule has 1 rings (SSSR count). The lowest BCUT2D eigenvalue weighted by Crippen LogP contribution is -2.54. The van der Waals surface area contributed by atoms with Gasteiger partial charge in [-0.1, -0.05) is 0 Å². The van der Waals surface area contributed by atoms with E-state index in [1.165, 1.54) is 4.90 Å². The molecule has 0 saturated carbocycles. The van der Waals surface area contributed by atoms with Crippen LogP contribution in [0, 0.1) is 5.92 Å². The number of aliphatic carboxylic acids is 1. The molecule has 0 aromatic heterocycles. The van der Waals surface area contributed by atoms with Crippen molar-refractivity contribution < 1.29 is 14.7 Å². The molecule has 3 N–H and O–H groups in total. The molecule has 1 saturated heterocycles. The second-order valence-corrected chi connectivity index (χ2v) is 2.54. The number of carboxylic acid groups (broad SMARTS) is 1. The number of hydrogen-bond donors (Lipinski definition) is 2. The molecule has 1 aliphatic heterocycles. The first-order valence-corrected chi connectivity index (χ1v) is 3.35. The zero-order valence-electron chi connectivity index (χ0n) is 5.99. The molecule has 11 heavy (non-hydrogen) atoms. The summed E-state index contributed by atoms with van der Waals surface area (Å²) in [5.41, 5.74) is 5.07. The number of likely N-dealkylation sites (tertiary alicyclic amines) is 1. The number of hydrogen-bond acceptors (Lipinski definition) is 3. The Balaban J connectivity index is 2.29. The second kappa shape index (κ2) is 2.87. The van der Waals surface area contributed by atoms with E-state index >= 15 is 0 Å². The molecule has 5 heteroatoms. The lowest BCUT2D eigenvalue weighted by atomic mass is 10.0. The summed E-state index contributed by atoms with van der Waals surface area (Å²) in [6.07, 6.45) is 0. The number of carbonyl (C=O) groups is 2.